The van der Waals surface area contributed by atoms with E-state index < -0.39 is 11.2 Å². The van der Waals surface area contributed by atoms with Crippen LogP contribution in [0.1, 0.15) is 11.5 Å². The first-order valence-corrected chi connectivity index (χ1v) is 5.75. The van der Waals surface area contributed by atoms with Gasteiger partial charge in [-0.25, -0.2) is 4.68 Å². The average molecular weight is 279 g/mol. The maximum Gasteiger partial charge on any atom is 0.234 e. The Kier molecular flexibility index (Phi) is 4.11. The molecule has 106 valence electrons. The van der Waals surface area contributed by atoms with Crippen molar-refractivity contribution >= 4 is 5.91 Å². The Bertz CT molecular complexity index is 663. The molecule has 0 unspecified atom stereocenters. The minimum Gasteiger partial charge on any atom is -0.502 e. The predicted octanol–water partition coefficient (Wildman–Crippen LogP) is -1.44. The third kappa shape index (κ3) is 3.42. The Balaban J connectivity index is 2.00. The number of amides is 1. The van der Waals surface area contributed by atoms with E-state index in [-0.39, 0.29) is 25.5 Å². The number of nitrogens with one attached hydrogen (secondary N) is 1. The summed E-state index contributed by atoms with van der Waals surface area (Å²) >= 11 is 0. The molecule has 0 aliphatic carbocycles. The van der Waals surface area contributed by atoms with Gasteiger partial charge in [-0.3, -0.25) is 9.59 Å². The molecule has 20 heavy (non-hydrogen) atoms. The summed E-state index contributed by atoms with van der Waals surface area (Å²) in [5, 5.41) is 19.3. The van der Waals surface area contributed by atoms with Gasteiger partial charge in [0.1, 0.15) is 24.3 Å². The Hall–Kier alpha value is -2.68. The van der Waals surface area contributed by atoms with Crippen molar-refractivity contribution in [2.24, 2.45) is 5.73 Å². The van der Waals surface area contributed by atoms with Gasteiger partial charge in [0, 0.05) is 6.07 Å². The zero-order chi connectivity index (χ0) is 14.5. The molecule has 0 saturated carbocycles. The van der Waals surface area contributed by atoms with Crippen LogP contribution in [0.15, 0.2) is 27.7 Å². The van der Waals surface area contributed by atoms with Crippen molar-refractivity contribution in [3.63, 3.8) is 0 Å². The number of carbonyl (C=O) groups excluding carboxylic acids is 1. The number of nitrogens with zero attached hydrogens (tertiary/aromatic N) is 3. The Morgan fingerprint density at radius 3 is 3.05 bits per heavy atom. The van der Waals surface area contributed by atoms with Crippen LogP contribution in [0.25, 0.3) is 0 Å². The number of nitrogens with two attached hydrogens (primary N) is 1. The summed E-state index contributed by atoms with van der Waals surface area (Å²) in [6, 6.07) is 1.17. The topological polar surface area (TPSA) is 136 Å². The summed E-state index contributed by atoms with van der Waals surface area (Å²) in [5.41, 5.74) is 5.18. The van der Waals surface area contributed by atoms with Crippen LogP contribution in [0.4, 0.5) is 0 Å². The number of rotatable bonds is 5. The van der Waals surface area contributed by atoms with Crippen LogP contribution in [0.3, 0.4) is 0 Å². The lowest BCUT2D eigenvalue weighted by Crippen LogP contribution is -2.29. The molecule has 0 atom stereocenters. The van der Waals surface area contributed by atoms with E-state index in [4.69, 9.17) is 15.3 Å². The highest BCUT2D eigenvalue weighted by Crippen LogP contribution is 2.05. The zero-order valence-corrected chi connectivity index (χ0v) is 10.4. The van der Waals surface area contributed by atoms with Crippen LogP contribution in [-0.2, 0) is 17.9 Å². The van der Waals surface area contributed by atoms with Crippen molar-refractivity contribution in [3.05, 3.63) is 40.2 Å². The number of aromatic nitrogens is 3. The molecule has 0 radical (unpaired) electrons. The third-order valence-corrected chi connectivity index (χ3v) is 2.42. The molecule has 9 heteroatoms. The van der Waals surface area contributed by atoms with Gasteiger partial charge in [-0.1, -0.05) is 5.21 Å². The second kappa shape index (κ2) is 5.97. The molecule has 0 aliphatic heterocycles. The molecule has 0 bridgehead atoms. The number of carbonyl (C=O) groups is 1. The van der Waals surface area contributed by atoms with E-state index in [1.165, 1.54) is 10.7 Å². The van der Waals surface area contributed by atoms with E-state index in [1.807, 2.05) is 0 Å². The highest BCUT2D eigenvalue weighted by atomic mass is 16.4. The van der Waals surface area contributed by atoms with Crippen LogP contribution >= 0.6 is 0 Å². The Morgan fingerprint density at radius 2 is 2.35 bits per heavy atom. The Morgan fingerprint density at radius 1 is 1.55 bits per heavy atom. The first-order chi connectivity index (χ1) is 9.58. The zero-order valence-electron chi connectivity index (χ0n) is 10.4. The van der Waals surface area contributed by atoms with E-state index in [0.29, 0.717) is 11.5 Å². The van der Waals surface area contributed by atoms with Crippen molar-refractivity contribution < 1.29 is 14.3 Å². The number of hydrogen-bond acceptors (Lipinski definition) is 7. The lowest BCUT2D eigenvalue weighted by molar-refractivity contribution is -0.119. The van der Waals surface area contributed by atoms with Gasteiger partial charge in [0.2, 0.25) is 11.3 Å². The molecule has 0 fully saturated rings. The van der Waals surface area contributed by atoms with E-state index in [1.54, 1.807) is 6.20 Å². The summed E-state index contributed by atoms with van der Waals surface area (Å²) in [5.74, 6) is -0.406. The molecule has 2 heterocycles. The van der Waals surface area contributed by atoms with Crippen molar-refractivity contribution in [2.45, 2.75) is 13.1 Å². The van der Waals surface area contributed by atoms with Gasteiger partial charge in [0.25, 0.3) is 0 Å². The lowest BCUT2D eigenvalue weighted by Gasteiger charge is -2.00. The molecule has 2 rings (SSSR count). The maximum absolute atomic E-state index is 11.2. The van der Waals surface area contributed by atoms with Gasteiger partial charge in [-0.2, -0.15) is 0 Å². The van der Waals surface area contributed by atoms with Gasteiger partial charge in [-0.05, 0) is 0 Å². The van der Waals surface area contributed by atoms with E-state index in [0.717, 1.165) is 6.26 Å². The summed E-state index contributed by atoms with van der Waals surface area (Å²) < 4.78 is 6.49. The summed E-state index contributed by atoms with van der Waals surface area (Å²) in [7, 11) is 0. The smallest absolute Gasteiger partial charge is 0.234 e. The molecular formula is C11H13N5O4. The van der Waals surface area contributed by atoms with Crippen LogP contribution in [0.2, 0.25) is 0 Å². The first kappa shape index (κ1) is 13.7. The average Bonchev–Trinajstić information content (AvgIpc) is 2.88. The number of hydrogen-bond donors (Lipinski definition) is 3. The quantitative estimate of drug-likeness (QED) is 0.609. The van der Waals surface area contributed by atoms with E-state index >= 15 is 0 Å². The van der Waals surface area contributed by atoms with Gasteiger partial charge in [0.15, 0.2) is 5.75 Å². The van der Waals surface area contributed by atoms with Crippen LogP contribution in [0.5, 0.6) is 5.75 Å². The molecule has 2 aromatic rings. The van der Waals surface area contributed by atoms with Gasteiger partial charge < -0.3 is 20.6 Å². The lowest BCUT2D eigenvalue weighted by atomic mass is 10.3. The molecule has 1 amide bonds. The third-order valence-electron chi connectivity index (χ3n) is 2.42. The fourth-order valence-corrected chi connectivity index (χ4v) is 1.44. The van der Waals surface area contributed by atoms with Crippen molar-refractivity contribution in [3.8, 4) is 5.75 Å². The molecular weight excluding hydrogens is 266 g/mol. The molecule has 0 aliphatic rings. The molecule has 0 saturated heterocycles. The standard InChI is InChI=1S/C11H13N5O4/c12-2-11(19)13-3-7-4-16(15-14-7)5-8-1-9(17)10(18)6-20-8/h1,4,6,18H,2-3,5,12H2,(H,13,19). The minimum absolute atomic E-state index is 0.0905. The van der Waals surface area contributed by atoms with Crippen molar-refractivity contribution in [1.29, 1.82) is 0 Å². The second-order valence-electron chi connectivity index (χ2n) is 3.98. The summed E-state index contributed by atoms with van der Waals surface area (Å²) in [6.07, 6.45) is 2.57. The summed E-state index contributed by atoms with van der Waals surface area (Å²) in [6.45, 7) is 0.315. The van der Waals surface area contributed by atoms with E-state index in [2.05, 4.69) is 15.6 Å². The molecule has 0 spiro atoms. The largest absolute Gasteiger partial charge is 0.502 e. The monoisotopic (exact) mass is 279 g/mol. The molecule has 9 nitrogen and oxygen atoms in total. The highest BCUT2D eigenvalue weighted by molar-refractivity contribution is 5.77. The minimum atomic E-state index is -0.526. The maximum atomic E-state index is 11.2. The molecule has 4 N–H and O–H groups in total. The summed E-state index contributed by atoms with van der Waals surface area (Å²) in [4.78, 5) is 22.2. The number of aromatic hydroxyl groups is 1. The fraction of sp³-hybridized carbons (Fsp3) is 0.273. The molecule has 2 aromatic heterocycles. The Labute approximate surface area is 113 Å². The van der Waals surface area contributed by atoms with Crippen LogP contribution < -0.4 is 16.5 Å². The van der Waals surface area contributed by atoms with E-state index in [9.17, 15) is 9.59 Å². The SMILES string of the molecule is NCC(=O)NCc1cn(Cc2cc(=O)c(O)co2)nn1. The van der Waals surface area contributed by atoms with Crippen molar-refractivity contribution in [2.75, 3.05) is 6.54 Å². The predicted molar refractivity (Wildman–Crippen MR) is 66.7 cm³/mol. The van der Waals surface area contributed by atoms with Crippen LogP contribution in [-0.4, -0.2) is 32.6 Å². The van der Waals surface area contributed by atoms with Gasteiger partial charge in [0.05, 0.1) is 19.3 Å². The second-order valence-corrected chi connectivity index (χ2v) is 3.98. The van der Waals surface area contributed by atoms with Gasteiger partial charge in [-0.15, -0.1) is 5.10 Å². The van der Waals surface area contributed by atoms with Gasteiger partial charge >= 0.3 is 0 Å². The first-order valence-electron chi connectivity index (χ1n) is 5.75. The normalized spacial score (nSPS) is 10.4. The van der Waals surface area contributed by atoms with Crippen molar-refractivity contribution in [1.82, 2.24) is 20.3 Å². The highest BCUT2D eigenvalue weighted by Gasteiger charge is 2.06. The fourth-order valence-electron chi connectivity index (χ4n) is 1.44. The van der Waals surface area contributed by atoms with Crippen LogP contribution in [0, 0.1) is 0 Å². The molecule has 0 aromatic carbocycles.